The number of benzene rings is 3. The van der Waals surface area contributed by atoms with Crippen LogP contribution in [0, 0.1) is 6.92 Å². The van der Waals surface area contributed by atoms with Gasteiger partial charge in [0.05, 0.1) is 22.1 Å². The molecule has 3 aromatic carbocycles. The quantitative estimate of drug-likeness (QED) is 0.320. The van der Waals surface area contributed by atoms with Gasteiger partial charge in [0.15, 0.2) is 11.9 Å². The third kappa shape index (κ3) is 5.12. The number of hydrogen-bond acceptors (Lipinski definition) is 6. The predicted octanol–water partition coefficient (Wildman–Crippen LogP) is 5.76. The lowest BCUT2D eigenvalue weighted by Crippen LogP contribution is -2.47. The van der Waals surface area contributed by atoms with Crippen LogP contribution in [0.4, 0.5) is 11.4 Å². The number of aryl methyl sites for hydroxylation is 1. The van der Waals surface area contributed by atoms with Crippen molar-refractivity contribution in [1.29, 1.82) is 0 Å². The van der Waals surface area contributed by atoms with Gasteiger partial charge in [0.25, 0.3) is 5.91 Å². The number of anilines is 2. The number of amides is 2. The Hall–Kier alpha value is -4.01. The second kappa shape index (κ2) is 10.2. The maximum absolute atomic E-state index is 13.2. The van der Waals surface area contributed by atoms with Crippen LogP contribution in [-0.2, 0) is 9.59 Å². The fraction of sp³-hybridized carbons (Fsp3) is 0.143. The van der Waals surface area contributed by atoms with Gasteiger partial charge in [-0.25, -0.2) is 4.98 Å². The van der Waals surface area contributed by atoms with Crippen LogP contribution in [0.3, 0.4) is 0 Å². The molecule has 1 unspecified atom stereocenters. The molecular weight excluding hydrogens is 510 g/mol. The third-order valence-corrected chi connectivity index (χ3v) is 6.93. The van der Waals surface area contributed by atoms with E-state index in [1.54, 1.807) is 55.5 Å². The van der Waals surface area contributed by atoms with Gasteiger partial charge in [-0.3, -0.25) is 19.3 Å². The highest BCUT2D eigenvalue weighted by Crippen LogP contribution is 2.38. The number of carbonyl (C=O) groups excluding carboxylic acids is 3. The summed E-state index contributed by atoms with van der Waals surface area (Å²) in [4.78, 5) is 45.3. The van der Waals surface area contributed by atoms with Crippen LogP contribution in [0.2, 0.25) is 5.02 Å². The SMILES string of the molecule is Cc1nc(-c2ccc3c(c2)N(CC(=O)Nc2ccc(Cl)cc2C(=O)c2ccccc2)C(=O)C(C)O3)cs1. The number of ketones is 1. The number of halogens is 1. The Bertz CT molecular complexity index is 1520. The van der Waals surface area contributed by atoms with Gasteiger partial charge in [-0.15, -0.1) is 11.3 Å². The smallest absolute Gasteiger partial charge is 0.268 e. The van der Waals surface area contributed by atoms with Crippen molar-refractivity contribution in [3.05, 3.63) is 93.3 Å². The molecule has 0 fully saturated rings. The first-order valence-electron chi connectivity index (χ1n) is 11.5. The molecule has 4 aromatic rings. The van der Waals surface area contributed by atoms with Crippen LogP contribution in [-0.4, -0.2) is 35.2 Å². The fourth-order valence-electron chi connectivity index (χ4n) is 4.12. The molecule has 2 amide bonds. The van der Waals surface area contributed by atoms with Crippen molar-refractivity contribution in [2.45, 2.75) is 20.0 Å². The maximum Gasteiger partial charge on any atom is 0.268 e. The van der Waals surface area contributed by atoms with E-state index in [-0.39, 0.29) is 23.8 Å². The summed E-state index contributed by atoms with van der Waals surface area (Å²) in [5.41, 5.74) is 3.12. The molecule has 0 spiro atoms. The van der Waals surface area contributed by atoms with E-state index in [1.807, 2.05) is 24.4 Å². The van der Waals surface area contributed by atoms with Gasteiger partial charge in [-0.1, -0.05) is 41.9 Å². The molecule has 2 heterocycles. The van der Waals surface area contributed by atoms with E-state index in [9.17, 15) is 14.4 Å². The zero-order valence-electron chi connectivity index (χ0n) is 20.0. The second-order valence-corrected chi connectivity index (χ2v) is 10.1. The van der Waals surface area contributed by atoms with E-state index >= 15 is 0 Å². The minimum atomic E-state index is -0.751. The molecule has 5 rings (SSSR count). The standard InChI is InChI=1S/C28H22ClN3O4S/c1-16-28(35)32(24-12-19(8-11-25(24)36-16)23-15-37-17(2)30-23)14-26(33)31-22-10-9-20(29)13-21(22)27(34)18-6-4-3-5-7-18/h3-13,15-16H,14H2,1-2H3,(H,31,33). The molecule has 37 heavy (non-hydrogen) atoms. The summed E-state index contributed by atoms with van der Waals surface area (Å²) in [7, 11) is 0. The van der Waals surface area contributed by atoms with Crippen LogP contribution in [0.5, 0.6) is 5.75 Å². The molecule has 0 bridgehead atoms. The highest BCUT2D eigenvalue weighted by Gasteiger charge is 2.33. The van der Waals surface area contributed by atoms with Crippen molar-refractivity contribution in [1.82, 2.24) is 4.98 Å². The van der Waals surface area contributed by atoms with E-state index in [2.05, 4.69) is 10.3 Å². The van der Waals surface area contributed by atoms with E-state index in [0.717, 1.165) is 16.3 Å². The van der Waals surface area contributed by atoms with Crippen LogP contribution < -0.4 is 15.0 Å². The summed E-state index contributed by atoms with van der Waals surface area (Å²) in [5, 5.41) is 6.02. The Morgan fingerprint density at radius 3 is 2.62 bits per heavy atom. The monoisotopic (exact) mass is 531 g/mol. The first-order chi connectivity index (χ1) is 17.8. The lowest BCUT2D eigenvalue weighted by atomic mass is 10.0. The Morgan fingerprint density at radius 2 is 1.89 bits per heavy atom. The summed E-state index contributed by atoms with van der Waals surface area (Å²) in [6.07, 6.45) is -0.751. The first-order valence-corrected chi connectivity index (χ1v) is 12.8. The molecule has 186 valence electrons. The molecule has 1 atom stereocenters. The molecule has 9 heteroatoms. The van der Waals surface area contributed by atoms with Crippen LogP contribution in [0.25, 0.3) is 11.3 Å². The highest BCUT2D eigenvalue weighted by molar-refractivity contribution is 7.09. The van der Waals surface area contributed by atoms with E-state index in [4.69, 9.17) is 16.3 Å². The number of rotatable bonds is 6. The van der Waals surface area contributed by atoms with Gasteiger partial charge in [-0.2, -0.15) is 0 Å². The molecule has 1 aromatic heterocycles. The second-order valence-electron chi connectivity index (χ2n) is 8.55. The lowest BCUT2D eigenvalue weighted by Gasteiger charge is -2.33. The van der Waals surface area contributed by atoms with E-state index < -0.39 is 12.0 Å². The van der Waals surface area contributed by atoms with Crippen LogP contribution in [0.15, 0.2) is 72.1 Å². The average molecular weight is 532 g/mol. The number of fused-ring (bicyclic) bond motifs is 1. The molecule has 7 nitrogen and oxygen atoms in total. The number of nitrogens with one attached hydrogen (secondary N) is 1. The summed E-state index contributed by atoms with van der Waals surface area (Å²) < 4.78 is 5.78. The lowest BCUT2D eigenvalue weighted by molar-refractivity contribution is -0.127. The van der Waals surface area contributed by atoms with Gasteiger partial charge in [0, 0.05) is 27.1 Å². The molecule has 1 aliphatic rings. The Kier molecular flexibility index (Phi) is 6.78. The van der Waals surface area contributed by atoms with Crippen molar-refractivity contribution in [2.24, 2.45) is 0 Å². The van der Waals surface area contributed by atoms with Gasteiger partial charge in [0.2, 0.25) is 5.91 Å². The molecule has 0 radical (unpaired) electrons. The molecule has 0 saturated heterocycles. The van der Waals surface area contributed by atoms with E-state index in [1.165, 1.54) is 22.3 Å². The molecule has 0 saturated carbocycles. The van der Waals surface area contributed by atoms with Crippen molar-refractivity contribution in [2.75, 3.05) is 16.8 Å². The normalized spacial score (nSPS) is 14.6. The number of carbonyl (C=O) groups is 3. The Morgan fingerprint density at radius 1 is 1.11 bits per heavy atom. The van der Waals surface area contributed by atoms with Crippen molar-refractivity contribution in [3.8, 4) is 17.0 Å². The van der Waals surface area contributed by atoms with Crippen molar-refractivity contribution < 1.29 is 19.1 Å². The van der Waals surface area contributed by atoms with Gasteiger partial charge in [-0.05, 0) is 50.2 Å². The topological polar surface area (TPSA) is 88.6 Å². The zero-order valence-corrected chi connectivity index (χ0v) is 21.6. The fourth-order valence-corrected chi connectivity index (χ4v) is 4.91. The summed E-state index contributed by atoms with van der Waals surface area (Å²) in [5.74, 6) is -0.580. The number of nitrogens with zero attached hydrogens (tertiary/aromatic N) is 2. The molecule has 1 N–H and O–H groups in total. The average Bonchev–Trinajstić information content (AvgIpc) is 3.34. The van der Waals surface area contributed by atoms with E-state index in [0.29, 0.717) is 27.7 Å². The van der Waals surface area contributed by atoms with Crippen LogP contribution >= 0.6 is 22.9 Å². The first kappa shape index (κ1) is 24.7. The highest BCUT2D eigenvalue weighted by atomic mass is 35.5. The van der Waals surface area contributed by atoms with Crippen molar-refractivity contribution in [3.63, 3.8) is 0 Å². The van der Waals surface area contributed by atoms with Gasteiger partial charge < -0.3 is 10.1 Å². The zero-order chi connectivity index (χ0) is 26.1. The summed E-state index contributed by atoms with van der Waals surface area (Å²) >= 11 is 7.69. The molecule has 1 aliphatic heterocycles. The molecule has 0 aliphatic carbocycles. The van der Waals surface area contributed by atoms with Gasteiger partial charge >= 0.3 is 0 Å². The largest absolute Gasteiger partial charge is 0.479 e. The van der Waals surface area contributed by atoms with Crippen molar-refractivity contribution >= 4 is 51.9 Å². The third-order valence-electron chi connectivity index (χ3n) is 5.92. The minimum absolute atomic E-state index is 0.260. The number of thiazole rings is 1. The number of hydrogen-bond donors (Lipinski definition) is 1. The Labute approximate surface area is 222 Å². The predicted molar refractivity (Wildman–Crippen MR) is 145 cm³/mol. The number of aromatic nitrogens is 1. The number of ether oxygens (including phenoxy) is 1. The Balaban J connectivity index is 1.43. The summed E-state index contributed by atoms with van der Waals surface area (Å²) in [6.45, 7) is 3.30. The molecular formula is C28H22ClN3O4S. The minimum Gasteiger partial charge on any atom is -0.479 e. The van der Waals surface area contributed by atoms with Gasteiger partial charge in [0.1, 0.15) is 12.3 Å². The van der Waals surface area contributed by atoms with Crippen LogP contribution in [0.1, 0.15) is 27.9 Å². The summed E-state index contributed by atoms with van der Waals surface area (Å²) in [6, 6.07) is 18.9. The maximum atomic E-state index is 13.2.